The van der Waals surface area contributed by atoms with Gasteiger partial charge in [-0.05, 0) is 44.9 Å². The third-order valence-electron chi connectivity index (χ3n) is 3.42. The molecule has 94 valence electrons. The monoisotopic (exact) mass is 253 g/mol. The summed E-state index contributed by atoms with van der Waals surface area (Å²) >= 11 is 5.98. The molecule has 1 aliphatic heterocycles. The summed E-state index contributed by atoms with van der Waals surface area (Å²) in [5, 5.41) is 3.99. The number of nitrogens with zero attached hydrogens (tertiary/aromatic N) is 2. The van der Waals surface area contributed by atoms with Crippen LogP contribution in [-0.2, 0) is 0 Å². The van der Waals surface area contributed by atoms with Crippen molar-refractivity contribution in [1.29, 1.82) is 0 Å². The summed E-state index contributed by atoms with van der Waals surface area (Å²) in [4.78, 5) is 6.66. The molecule has 0 radical (unpaired) electrons. The number of aryl methyl sites for hydroxylation is 1. The molecule has 2 heterocycles. The van der Waals surface area contributed by atoms with Crippen molar-refractivity contribution in [3.63, 3.8) is 0 Å². The highest BCUT2D eigenvalue weighted by atomic mass is 35.5. The predicted octanol–water partition coefficient (Wildman–Crippen LogP) is 2.97. The van der Waals surface area contributed by atoms with Gasteiger partial charge in [0, 0.05) is 6.54 Å². The molecule has 1 aliphatic rings. The van der Waals surface area contributed by atoms with Crippen LogP contribution >= 0.6 is 11.6 Å². The SMILES string of the molecule is CNC1CCCCCN1c1cnc(Cl)c(C)c1. The fourth-order valence-corrected chi connectivity index (χ4v) is 2.52. The van der Waals surface area contributed by atoms with Crippen LogP contribution in [0.25, 0.3) is 0 Å². The van der Waals surface area contributed by atoms with E-state index in [-0.39, 0.29) is 0 Å². The van der Waals surface area contributed by atoms with Crippen LogP contribution in [0.1, 0.15) is 31.2 Å². The van der Waals surface area contributed by atoms with Crippen LogP contribution in [-0.4, -0.2) is 24.7 Å². The Morgan fingerprint density at radius 1 is 1.41 bits per heavy atom. The maximum atomic E-state index is 5.98. The van der Waals surface area contributed by atoms with Crippen LogP contribution in [0.3, 0.4) is 0 Å². The Hall–Kier alpha value is -0.800. The molecular weight excluding hydrogens is 234 g/mol. The largest absolute Gasteiger partial charge is 0.355 e. The minimum Gasteiger partial charge on any atom is -0.355 e. The fraction of sp³-hybridized carbons (Fsp3) is 0.615. The molecule has 0 spiro atoms. The molecule has 1 fully saturated rings. The molecule has 0 amide bonds. The zero-order valence-electron chi connectivity index (χ0n) is 10.5. The number of rotatable bonds is 2. The summed E-state index contributed by atoms with van der Waals surface area (Å²) < 4.78 is 0. The maximum Gasteiger partial charge on any atom is 0.132 e. The number of anilines is 1. The molecule has 4 heteroatoms. The van der Waals surface area contributed by atoms with Crippen LogP contribution in [0.2, 0.25) is 5.15 Å². The fourth-order valence-electron chi connectivity index (χ4n) is 2.42. The Bertz CT molecular complexity index is 381. The van der Waals surface area contributed by atoms with E-state index >= 15 is 0 Å². The molecule has 0 aromatic carbocycles. The number of pyridine rings is 1. The van der Waals surface area contributed by atoms with Gasteiger partial charge in [0.15, 0.2) is 0 Å². The van der Waals surface area contributed by atoms with Gasteiger partial charge in [0.25, 0.3) is 0 Å². The van der Waals surface area contributed by atoms with E-state index in [1.807, 2.05) is 20.2 Å². The number of hydrogen-bond donors (Lipinski definition) is 1. The van der Waals surface area contributed by atoms with E-state index in [4.69, 9.17) is 11.6 Å². The summed E-state index contributed by atoms with van der Waals surface area (Å²) in [6.45, 7) is 3.10. The quantitative estimate of drug-likeness (QED) is 0.822. The van der Waals surface area contributed by atoms with E-state index in [0.717, 1.165) is 12.1 Å². The minimum atomic E-state index is 0.417. The Balaban J connectivity index is 2.25. The van der Waals surface area contributed by atoms with Gasteiger partial charge in [-0.3, -0.25) is 0 Å². The van der Waals surface area contributed by atoms with Crippen molar-refractivity contribution < 1.29 is 0 Å². The third kappa shape index (κ3) is 2.90. The molecular formula is C13H20ClN3. The molecule has 1 atom stereocenters. The molecule has 1 N–H and O–H groups in total. The van der Waals surface area contributed by atoms with Crippen LogP contribution in [0, 0.1) is 6.92 Å². The average molecular weight is 254 g/mol. The Morgan fingerprint density at radius 2 is 2.24 bits per heavy atom. The molecule has 17 heavy (non-hydrogen) atoms. The van der Waals surface area contributed by atoms with Crippen molar-refractivity contribution in [1.82, 2.24) is 10.3 Å². The van der Waals surface area contributed by atoms with E-state index in [0.29, 0.717) is 11.3 Å². The first-order valence-corrected chi connectivity index (χ1v) is 6.66. The molecule has 0 saturated carbocycles. The van der Waals surface area contributed by atoms with Crippen molar-refractivity contribution in [2.45, 2.75) is 38.8 Å². The van der Waals surface area contributed by atoms with Gasteiger partial charge in [-0.25, -0.2) is 4.98 Å². The summed E-state index contributed by atoms with van der Waals surface area (Å²) in [5.41, 5.74) is 2.22. The molecule has 1 saturated heterocycles. The van der Waals surface area contributed by atoms with Crippen molar-refractivity contribution in [2.75, 3.05) is 18.5 Å². The van der Waals surface area contributed by atoms with Gasteiger partial charge in [-0.1, -0.05) is 18.0 Å². The number of nitrogens with one attached hydrogen (secondary N) is 1. The van der Waals surface area contributed by atoms with Gasteiger partial charge >= 0.3 is 0 Å². The third-order valence-corrected chi connectivity index (χ3v) is 3.81. The Kier molecular flexibility index (Phi) is 4.24. The topological polar surface area (TPSA) is 28.2 Å². The Morgan fingerprint density at radius 3 is 2.94 bits per heavy atom. The highest BCUT2D eigenvalue weighted by molar-refractivity contribution is 6.30. The molecule has 0 bridgehead atoms. The van der Waals surface area contributed by atoms with Gasteiger partial charge < -0.3 is 10.2 Å². The number of halogens is 1. The van der Waals surface area contributed by atoms with E-state index in [2.05, 4.69) is 21.3 Å². The second-order valence-electron chi connectivity index (χ2n) is 4.65. The molecule has 2 rings (SSSR count). The predicted molar refractivity (Wildman–Crippen MR) is 72.6 cm³/mol. The first-order chi connectivity index (χ1) is 8.22. The first-order valence-electron chi connectivity index (χ1n) is 6.28. The van der Waals surface area contributed by atoms with E-state index in [1.165, 1.54) is 31.4 Å². The van der Waals surface area contributed by atoms with Crippen molar-refractivity contribution in [3.05, 3.63) is 23.0 Å². The highest BCUT2D eigenvalue weighted by Gasteiger charge is 2.20. The summed E-state index contributed by atoms with van der Waals surface area (Å²) in [6, 6.07) is 2.13. The first kappa shape index (κ1) is 12.7. The highest BCUT2D eigenvalue weighted by Crippen LogP contribution is 2.25. The minimum absolute atomic E-state index is 0.417. The molecule has 0 aliphatic carbocycles. The molecule has 1 aromatic heterocycles. The van der Waals surface area contributed by atoms with Crippen LogP contribution in [0.4, 0.5) is 5.69 Å². The lowest BCUT2D eigenvalue weighted by Gasteiger charge is -2.31. The lowest BCUT2D eigenvalue weighted by molar-refractivity contribution is 0.507. The zero-order valence-corrected chi connectivity index (χ0v) is 11.3. The van der Waals surface area contributed by atoms with Gasteiger partial charge in [0.2, 0.25) is 0 Å². The average Bonchev–Trinajstić information content (AvgIpc) is 2.57. The van der Waals surface area contributed by atoms with Crippen molar-refractivity contribution >= 4 is 17.3 Å². The number of aromatic nitrogens is 1. The van der Waals surface area contributed by atoms with Gasteiger partial charge in [-0.2, -0.15) is 0 Å². The van der Waals surface area contributed by atoms with E-state index < -0.39 is 0 Å². The summed E-state index contributed by atoms with van der Waals surface area (Å²) in [6.07, 6.45) is 7.35. The second-order valence-corrected chi connectivity index (χ2v) is 5.01. The summed E-state index contributed by atoms with van der Waals surface area (Å²) in [5.74, 6) is 0. The van der Waals surface area contributed by atoms with Gasteiger partial charge in [0.1, 0.15) is 5.15 Å². The van der Waals surface area contributed by atoms with Crippen LogP contribution < -0.4 is 10.2 Å². The maximum absolute atomic E-state index is 5.98. The molecule has 3 nitrogen and oxygen atoms in total. The Labute approximate surface area is 108 Å². The van der Waals surface area contributed by atoms with Crippen molar-refractivity contribution in [2.24, 2.45) is 0 Å². The lowest BCUT2D eigenvalue weighted by Crippen LogP contribution is -2.43. The second kappa shape index (κ2) is 5.69. The van der Waals surface area contributed by atoms with Crippen LogP contribution in [0.5, 0.6) is 0 Å². The van der Waals surface area contributed by atoms with Crippen LogP contribution in [0.15, 0.2) is 12.3 Å². The van der Waals surface area contributed by atoms with E-state index in [1.54, 1.807) is 0 Å². The normalized spacial score (nSPS) is 21.4. The number of hydrogen-bond acceptors (Lipinski definition) is 3. The zero-order chi connectivity index (χ0) is 12.3. The lowest BCUT2D eigenvalue weighted by atomic mass is 10.2. The van der Waals surface area contributed by atoms with Gasteiger partial charge in [0.05, 0.1) is 18.1 Å². The van der Waals surface area contributed by atoms with Gasteiger partial charge in [-0.15, -0.1) is 0 Å². The smallest absolute Gasteiger partial charge is 0.132 e. The van der Waals surface area contributed by atoms with E-state index in [9.17, 15) is 0 Å². The molecule has 1 aromatic rings. The summed E-state index contributed by atoms with van der Waals surface area (Å²) in [7, 11) is 2.03. The van der Waals surface area contributed by atoms with Crippen molar-refractivity contribution in [3.8, 4) is 0 Å². The standard InChI is InChI=1S/C13H20ClN3/c1-10-8-11(9-16-13(10)14)17-7-5-3-4-6-12(17)15-2/h8-9,12,15H,3-7H2,1-2H3. The molecule has 1 unspecified atom stereocenters.